The third-order valence-corrected chi connectivity index (χ3v) is 16.4. The van der Waals surface area contributed by atoms with Crippen molar-refractivity contribution in [3.8, 4) is 0 Å². The van der Waals surface area contributed by atoms with Gasteiger partial charge in [0, 0.05) is 42.1 Å². The summed E-state index contributed by atoms with van der Waals surface area (Å²) < 4.78 is 64.0. The van der Waals surface area contributed by atoms with E-state index in [1.807, 2.05) is 0 Å². The van der Waals surface area contributed by atoms with Gasteiger partial charge in [-0.2, -0.15) is 0 Å². The number of aliphatic hydroxyl groups excluding tert-OH is 1. The fourth-order valence-electron chi connectivity index (χ4n) is 12.5. The molecule has 9 fully saturated rings. The highest BCUT2D eigenvalue weighted by molar-refractivity contribution is 6.62. The fraction of sp³-hybridized carbons (Fsp3) is 0.833. The van der Waals surface area contributed by atoms with E-state index in [2.05, 4.69) is 92.1 Å². The minimum Gasteiger partial charge on any atom is -0.460 e. The van der Waals surface area contributed by atoms with Gasteiger partial charge in [0.05, 0.1) is 73.7 Å². The number of hydrogen-bond donors (Lipinski definition) is 1. The average molecular weight is 1010 g/mol. The third kappa shape index (κ3) is 12.8. The number of halogens is 1. The van der Waals surface area contributed by atoms with Crippen molar-refractivity contribution in [3.63, 3.8) is 0 Å². The lowest BCUT2D eigenvalue weighted by atomic mass is 9.68. The van der Waals surface area contributed by atoms with Crippen LogP contribution in [0.15, 0.2) is 34.9 Å². The number of hydrogen-bond acceptors (Lipinski definition) is 15. The van der Waals surface area contributed by atoms with E-state index >= 15 is 0 Å². The molecule has 6 heterocycles. The van der Waals surface area contributed by atoms with Crippen LogP contribution in [0.4, 0.5) is 0 Å². The standard InChI is InChI=1S/2C18H28O5.C16H26O4.C2H3ClO/c2*1-11(2)6-7-14-17(4,23-14)16-15(20-5)13(22-12(3)19)8-9-18(16)10-21-18;1-10(2)5-6-12-15(3,20-12)14-13(18-4)11(17)7-8-16(14)9-19-16;1-2(3)4/h2*6,13-16H,7-10H2,1-5H3;5,11-14,17H,6-9H2,1-4H3;1H3/t2*13-,14-,15-,16-,17+,18+;11-,12-,13-,14-,15+,16+;/m111./s1. The van der Waals surface area contributed by atoms with E-state index in [0.717, 1.165) is 77.6 Å². The Morgan fingerprint density at radius 1 is 0.529 bits per heavy atom. The summed E-state index contributed by atoms with van der Waals surface area (Å²) in [6, 6.07) is 0. The second-order valence-corrected chi connectivity index (χ2v) is 23.0. The molecule has 15 nitrogen and oxygen atoms in total. The number of methoxy groups -OCH3 is 3. The van der Waals surface area contributed by atoms with Crippen LogP contribution < -0.4 is 0 Å². The Labute approximate surface area is 422 Å². The highest BCUT2D eigenvalue weighted by Crippen LogP contribution is 2.62. The fourth-order valence-corrected chi connectivity index (χ4v) is 12.5. The number of epoxide rings is 6. The molecule has 0 aromatic rings. The Hall–Kier alpha value is -2.28. The van der Waals surface area contributed by atoms with Crippen LogP contribution in [0.3, 0.4) is 0 Å². The summed E-state index contributed by atoms with van der Waals surface area (Å²) in [5, 5.41) is 9.89. The molecule has 6 aliphatic heterocycles. The largest absolute Gasteiger partial charge is 0.460 e. The van der Waals surface area contributed by atoms with Crippen molar-refractivity contribution >= 4 is 28.8 Å². The van der Waals surface area contributed by atoms with Crippen LogP contribution in [0.1, 0.15) is 141 Å². The first kappa shape index (κ1) is 57.0. The topological polar surface area (TPSA) is 193 Å². The van der Waals surface area contributed by atoms with Crippen LogP contribution >= 0.6 is 11.6 Å². The number of carbonyl (C=O) groups excluding carboxylic acids is 3. The van der Waals surface area contributed by atoms with Gasteiger partial charge in [0.1, 0.15) is 52.4 Å². The summed E-state index contributed by atoms with van der Waals surface area (Å²) in [4.78, 5) is 32.0. The van der Waals surface area contributed by atoms with Crippen LogP contribution in [0.2, 0.25) is 0 Å². The first-order valence-corrected chi connectivity index (χ1v) is 25.8. The predicted octanol–water partition coefficient (Wildman–Crippen LogP) is 8.08. The zero-order valence-corrected chi connectivity index (χ0v) is 45.4. The molecule has 9 rings (SSSR count). The number of allylic oxidation sites excluding steroid dienone is 3. The molecular weight excluding hydrogens is 924 g/mol. The van der Waals surface area contributed by atoms with Gasteiger partial charge in [0.25, 0.3) is 0 Å². The quantitative estimate of drug-likeness (QED) is 0.0759. The summed E-state index contributed by atoms with van der Waals surface area (Å²) in [5.74, 6) is -0.209. The van der Waals surface area contributed by atoms with Gasteiger partial charge in [-0.25, -0.2) is 0 Å². The van der Waals surface area contributed by atoms with Gasteiger partial charge in [0.2, 0.25) is 5.24 Å². The van der Waals surface area contributed by atoms with Crippen LogP contribution in [-0.4, -0.2) is 152 Å². The molecule has 1 N–H and O–H groups in total. The van der Waals surface area contributed by atoms with Gasteiger partial charge in [-0.05, 0) is 132 Å². The Morgan fingerprint density at radius 3 is 1.04 bits per heavy atom. The van der Waals surface area contributed by atoms with E-state index in [1.165, 1.54) is 37.5 Å². The van der Waals surface area contributed by atoms with Crippen molar-refractivity contribution in [2.45, 2.75) is 229 Å². The highest BCUT2D eigenvalue weighted by atomic mass is 35.5. The molecule has 9 aliphatic rings. The van der Waals surface area contributed by atoms with Crippen molar-refractivity contribution < 1.29 is 71.6 Å². The molecule has 0 bridgehead atoms. The zero-order valence-electron chi connectivity index (χ0n) is 44.7. The van der Waals surface area contributed by atoms with Crippen molar-refractivity contribution in [1.29, 1.82) is 0 Å². The van der Waals surface area contributed by atoms with Gasteiger partial charge in [-0.3, -0.25) is 14.4 Å². The van der Waals surface area contributed by atoms with Gasteiger partial charge in [0.15, 0.2) is 0 Å². The second kappa shape index (κ2) is 22.3. The van der Waals surface area contributed by atoms with Crippen molar-refractivity contribution in [2.75, 3.05) is 41.2 Å². The predicted molar refractivity (Wildman–Crippen MR) is 262 cm³/mol. The monoisotopic (exact) mass is 1010 g/mol. The van der Waals surface area contributed by atoms with Crippen LogP contribution in [0.5, 0.6) is 0 Å². The first-order chi connectivity index (χ1) is 32.8. The Bertz CT molecular complexity index is 1850. The number of carbonyl (C=O) groups is 3. The molecule has 3 saturated carbocycles. The number of rotatable bonds is 14. The SMILES string of the molecule is CC(=O)Cl.CO[C@@H]1[C@H](O)CC[C@]2(CO2)[C@H]1[C@@]1(C)O[C@@H]1CC=C(C)C.CO[C@@H]1[C@H](OC(C)=O)CC[C@]2(CO2)[C@H]1[C@@]1(C)O[C@@H]1CC=C(C)C.CO[C@@H]1[C@H](OC(C)=O)CC[C@]2(CO2)[C@H]1[C@@]1(C)O[C@@H]1CC=C(C)C. The van der Waals surface area contributed by atoms with Crippen molar-refractivity contribution in [2.24, 2.45) is 17.8 Å². The summed E-state index contributed by atoms with van der Waals surface area (Å²) in [6.07, 6.45) is 13.6. The van der Waals surface area contributed by atoms with Crippen molar-refractivity contribution in [3.05, 3.63) is 34.9 Å². The molecule has 3 spiro atoms. The molecule has 70 heavy (non-hydrogen) atoms. The minimum absolute atomic E-state index is 0.0914. The van der Waals surface area contributed by atoms with E-state index in [4.69, 9.17) is 52.1 Å². The summed E-state index contributed by atoms with van der Waals surface area (Å²) in [5.41, 5.74) is 2.68. The molecule has 0 amide bonds. The number of aliphatic hydroxyl groups is 1. The van der Waals surface area contributed by atoms with E-state index < -0.39 is 6.10 Å². The van der Waals surface area contributed by atoms with Gasteiger partial charge < -0.3 is 57.2 Å². The number of esters is 2. The van der Waals surface area contributed by atoms with E-state index in [9.17, 15) is 19.5 Å². The normalized spacial score (nSPS) is 44.1. The minimum atomic E-state index is -0.412. The lowest BCUT2D eigenvalue weighted by Gasteiger charge is -2.42. The Kier molecular flexibility index (Phi) is 18.1. The van der Waals surface area contributed by atoms with Crippen LogP contribution in [0, 0.1) is 17.8 Å². The van der Waals surface area contributed by atoms with E-state index in [0.29, 0.717) is 0 Å². The molecule has 0 aromatic carbocycles. The maximum atomic E-state index is 11.4. The zero-order chi connectivity index (χ0) is 51.8. The molecule has 6 saturated heterocycles. The third-order valence-electron chi connectivity index (χ3n) is 16.4. The van der Waals surface area contributed by atoms with Gasteiger partial charge in [-0.1, -0.05) is 34.9 Å². The van der Waals surface area contributed by atoms with Gasteiger partial charge >= 0.3 is 11.9 Å². The maximum Gasteiger partial charge on any atom is 0.302 e. The van der Waals surface area contributed by atoms with E-state index in [-0.39, 0.29) is 117 Å². The molecule has 0 radical (unpaired) electrons. The first-order valence-electron chi connectivity index (χ1n) is 25.4. The van der Waals surface area contributed by atoms with Gasteiger partial charge in [-0.15, -0.1) is 0 Å². The molecule has 0 aromatic heterocycles. The molecule has 398 valence electrons. The summed E-state index contributed by atoms with van der Waals surface area (Å²) in [6.45, 7) is 25.5. The maximum absolute atomic E-state index is 11.4. The van der Waals surface area contributed by atoms with Crippen molar-refractivity contribution in [1.82, 2.24) is 0 Å². The number of ether oxygens (including phenoxy) is 11. The Balaban J connectivity index is 0.000000166. The molecule has 0 unspecified atom stereocenters. The average Bonchev–Trinajstić information content (AvgIpc) is 4.00. The molecule has 3 aliphatic carbocycles. The summed E-state index contributed by atoms with van der Waals surface area (Å²) >= 11 is 4.64. The Morgan fingerprint density at radius 2 is 0.800 bits per heavy atom. The lowest BCUT2D eigenvalue weighted by Crippen LogP contribution is -2.55. The highest BCUT2D eigenvalue weighted by Gasteiger charge is 2.74. The van der Waals surface area contributed by atoms with E-state index in [1.54, 1.807) is 21.3 Å². The molecule has 16 heteroatoms. The molecule has 18 atom stereocenters. The van der Waals surface area contributed by atoms with Crippen LogP contribution in [-0.2, 0) is 66.5 Å². The second-order valence-electron chi connectivity index (χ2n) is 22.5. The lowest BCUT2D eigenvalue weighted by molar-refractivity contribution is -0.169. The smallest absolute Gasteiger partial charge is 0.302 e. The summed E-state index contributed by atoms with van der Waals surface area (Å²) in [7, 11) is 5.05. The van der Waals surface area contributed by atoms with Crippen LogP contribution in [0.25, 0.3) is 0 Å². The molecular formula is C54H85ClO15.